The number of anilines is 1. The lowest BCUT2D eigenvalue weighted by Gasteiger charge is -2.08. The molecular weight excluding hydrogens is 343 g/mol. The number of carbonyl (C=O) groups is 1. The summed E-state index contributed by atoms with van der Waals surface area (Å²) in [5.41, 5.74) is 0.592. The predicted molar refractivity (Wildman–Crippen MR) is 77.9 cm³/mol. The molecular formula is C13H11IN2O2. The Balaban J connectivity index is 2.21. The minimum absolute atomic E-state index is 0.203. The van der Waals surface area contributed by atoms with Crippen LogP contribution in [0.2, 0.25) is 0 Å². The topological polar surface area (TPSA) is 51.2 Å². The van der Waals surface area contributed by atoms with Crippen molar-refractivity contribution in [3.63, 3.8) is 0 Å². The molecule has 92 valence electrons. The van der Waals surface area contributed by atoms with Gasteiger partial charge in [-0.05, 0) is 52.9 Å². The largest absolute Gasteiger partial charge is 0.493 e. The maximum Gasteiger partial charge on any atom is 0.256 e. The minimum atomic E-state index is -0.203. The highest BCUT2D eigenvalue weighted by Crippen LogP contribution is 2.20. The third-order valence-corrected chi connectivity index (χ3v) is 2.98. The molecule has 18 heavy (non-hydrogen) atoms. The van der Waals surface area contributed by atoms with E-state index in [0.717, 1.165) is 3.57 Å². The summed E-state index contributed by atoms with van der Waals surface area (Å²) in [5.74, 6) is 0.755. The summed E-state index contributed by atoms with van der Waals surface area (Å²) in [6, 6.07) is 10.8. The fourth-order valence-corrected chi connectivity index (χ4v) is 2.00. The summed E-state index contributed by atoms with van der Waals surface area (Å²) < 4.78 is 6.13. The monoisotopic (exact) mass is 354 g/mol. The molecule has 0 aliphatic heterocycles. The Morgan fingerprint density at radius 3 is 2.89 bits per heavy atom. The third kappa shape index (κ3) is 2.98. The molecule has 0 bridgehead atoms. The van der Waals surface area contributed by atoms with Crippen molar-refractivity contribution >= 4 is 34.3 Å². The average Bonchev–Trinajstić information content (AvgIpc) is 2.39. The van der Waals surface area contributed by atoms with Crippen molar-refractivity contribution < 1.29 is 9.53 Å². The van der Waals surface area contributed by atoms with Crippen LogP contribution in [0, 0.1) is 3.57 Å². The Bertz CT molecular complexity index is 572. The van der Waals surface area contributed by atoms with Gasteiger partial charge in [0.05, 0.1) is 7.11 Å². The highest BCUT2D eigenvalue weighted by atomic mass is 127. The number of pyridine rings is 1. The van der Waals surface area contributed by atoms with E-state index in [-0.39, 0.29) is 5.91 Å². The summed E-state index contributed by atoms with van der Waals surface area (Å²) in [4.78, 5) is 16.1. The van der Waals surface area contributed by atoms with Gasteiger partial charge in [-0.2, -0.15) is 0 Å². The Kier molecular flexibility index (Phi) is 4.14. The molecule has 1 amide bonds. The molecule has 2 rings (SSSR count). The van der Waals surface area contributed by atoms with Crippen molar-refractivity contribution in [3.8, 4) is 5.75 Å². The molecule has 5 heteroatoms. The second-order valence-corrected chi connectivity index (χ2v) is 4.76. The Hall–Kier alpha value is -1.63. The normalized spacial score (nSPS) is 9.89. The molecule has 0 saturated heterocycles. The van der Waals surface area contributed by atoms with Crippen molar-refractivity contribution in [1.29, 1.82) is 0 Å². The summed E-state index contributed by atoms with van der Waals surface area (Å²) in [5, 5.41) is 2.73. The maximum atomic E-state index is 12.0. The lowest BCUT2D eigenvalue weighted by atomic mass is 10.2. The summed E-state index contributed by atoms with van der Waals surface area (Å²) in [6.07, 6.45) is 1.60. The second-order valence-electron chi connectivity index (χ2n) is 3.52. The fraction of sp³-hybridized carbons (Fsp3) is 0.0769. The number of carbonyl (C=O) groups excluding carboxylic acids is 1. The van der Waals surface area contributed by atoms with Crippen LogP contribution in [0.3, 0.4) is 0 Å². The van der Waals surface area contributed by atoms with Gasteiger partial charge in [0.2, 0.25) is 0 Å². The van der Waals surface area contributed by atoms with E-state index in [1.807, 2.05) is 18.2 Å². The van der Waals surface area contributed by atoms with Crippen molar-refractivity contribution in [1.82, 2.24) is 4.98 Å². The highest BCUT2D eigenvalue weighted by molar-refractivity contribution is 14.1. The third-order valence-electron chi connectivity index (χ3n) is 2.31. The second kappa shape index (κ2) is 5.81. The van der Waals surface area contributed by atoms with Gasteiger partial charge in [-0.3, -0.25) is 4.79 Å². The van der Waals surface area contributed by atoms with Crippen LogP contribution in [0.1, 0.15) is 10.4 Å². The van der Waals surface area contributed by atoms with Crippen LogP contribution < -0.4 is 10.1 Å². The van der Waals surface area contributed by atoms with Gasteiger partial charge in [-0.1, -0.05) is 6.07 Å². The van der Waals surface area contributed by atoms with Crippen LogP contribution >= 0.6 is 22.6 Å². The van der Waals surface area contributed by atoms with Crippen LogP contribution in [0.4, 0.5) is 5.82 Å². The number of ether oxygens (including phenoxy) is 1. The molecule has 0 radical (unpaired) electrons. The molecule has 0 fully saturated rings. The van der Waals surface area contributed by atoms with Crippen LogP contribution in [0.25, 0.3) is 0 Å². The van der Waals surface area contributed by atoms with E-state index >= 15 is 0 Å². The number of aromatic nitrogens is 1. The molecule has 4 nitrogen and oxygen atoms in total. The maximum absolute atomic E-state index is 12.0. The number of halogens is 1. The number of benzene rings is 1. The average molecular weight is 354 g/mol. The first-order valence-electron chi connectivity index (χ1n) is 5.26. The van der Waals surface area contributed by atoms with Crippen molar-refractivity contribution in [2.45, 2.75) is 0 Å². The molecule has 0 unspecified atom stereocenters. The summed E-state index contributed by atoms with van der Waals surface area (Å²) in [6.45, 7) is 0. The first-order chi connectivity index (χ1) is 8.70. The fourth-order valence-electron chi connectivity index (χ4n) is 1.46. The van der Waals surface area contributed by atoms with Gasteiger partial charge in [0, 0.05) is 15.3 Å². The van der Waals surface area contributed by atoms with Crippen molar-refractivity contribution in [2.24, 2.45) is 0 Å². The quantitative estimate of drug-likeness (QED) is 0.863. The molecule has 2 aromatic rings. The van der Waals surface area contributed by atoms with E-state index in [2.05, 4.69) is 32.9 Å². The van der Waals surface area contributed by atoms with E-state index in [4.69, 9.17) is 4.74 Å². The van der Waals surface area contributed by atoms with Gasteiger partial charge < -0.3 is 10.1 Å². The van der Waals surface area contributed by atoms with Gasteiger partial charge >= 0.3 is 0 Å². The van der Waals surface area contributed by atoms with Gasteiger partial charge in [-0.25, -0.2) is 4.98 Å². The number of nitrogens with one attached hydrogen (secondary N) is 1. The molecule has 0 aliphatic carbocycles. The van der Waals surface area contributed by atoms with Crippen LogP contribution in [0.15, 0.2) is 42.6 Å². The summed E-state index contributed by atoms with van der Waals surface area (Å²) >= 11 is 2.16. The Morgan fingerprint density at radius 2 is 2.17 bits per heavy atom. The van der Waals surface area contributed by atoms with Crippen LogP contribution in [0.5, 0.6) is 5.75 Å². The van der Waals surface area contributed by atoms with Crippen molar-refractivity contribution in [3.05, 3.63) is 51.7 Å². The number of methoxy groups -OCH3 is 1. The number of hydrogen-bond acceptors (Lipinski definition) is 3. The molecule has 1 aromatic heterocycles. The van der Waals surface area contributed by atoms with E-state index in [1.165, 1.54) is 7.11 Å². The predicted octanol–water partition coefficient (Wildman–Crippen LogP) is 2.95. The molecule has 1 N–H and O–H groups in total. The van der Waals surface area contributed by atoms with Gasteiger partial charge in [0.15, 0.2) is 11.6 Å². The standard InChI is InChI=1S/C13H11IN2O2/c1-18-11-6-3-7-15-12(11)16-13(17)9-4-2-5-10(14)8-9/h2-8H,1H3,(H,15,16,17). The minimum Gasteiger partial charge on any atom is -0.493 e. The van der Waals surface area contributed by atoms with Crippen LogP contribution in [-0.2, 0) is 0 Å². The first-order valence-corrected chi connectivity index (χ1v) is 6.34. The van der Waals surface area contributed by atoms with Crippen LogP contribution in [-0.4, -0.2) is 18.0 Å². The molecule has 1 aromatic carbocycles. The zero-order valence-electron chi connectivity index (χ0n) is 9.68. The smallest absolute Gasteiger partial charge is 0.256 e. The Labute approximate surface area is 119 Å². The van der Waals surface area contributed by atoms with Gasteiger partial charge in [0.1, 0.15) is 0 Å². The van der Waals surface area contributed by atoms with Gasteiger partial charge in [-0.15, -0.1) is 0 Å². The Morgan fingerprint density at radius 1 is 1.33 bits per heavy atom. The van der Waals surface area contributed by atoms with E-state index in [9.17, 15) is 4.79 Å². The zero-order chi connectivity index (χ0) is 13.0. The van der Waals surface area contributed by atoms with Crippen molar-refractivity contribution in [2.75, 3.05) is 12.4 Å². The lowest BCUT2D eigenvalue weighted by Crippen LogP contribution is -2.13. The number of nitrogens with zero attached hydrogens (tertiary/aromatic N) is 1. The molecule has 0 atom stereocenters. The molecule has 1 heterocycles. The molecule has 0 spiro atoms. The van der Waals surface area contributed by atoms with E-state index < -0.39 is 0 Å². The molecule has 0 saturated carbocycles. The SMILES string of the molecule is COc1cccnc1NC(=O)c1cccc(I)c1. The highest BCUT2D eigenvalue weighted by Gasteiger charge is 2.10. The van der Waals surface area contributed by atoms with E-state index in [0.29, 0.717) is 17.1 Å². The molecule has 0 aliphatic rings. The lowest BCUT2D eigenvalue weighted by molar-refractivity contribution is 0.102. The van der Waals surface area contributed by atoms with E-state index in [1.54, 1.807) is 24.4 Å². The first kappa shape index (κ1) is 12.8. The zero-order valence-corrected chi connectivity index (χ0v) is 11.8. The number of rotatable bonds is 3. The number of hydrogen-bond donors (Lipinski definition) is 1. The van der Waals surface area contributed by atoms with Gasteiger partial charge in [0.25, 0.3) is 5.91 Å². The summed E-state index contributed by atoms with van der Waals surface area (Å²) in [7, 11) is 1.54. The number of amides is 1.